The van der Waals surface area contributed by atoms with E-state index >= 15 is 0 Å². The summed E-state index contributed by atoms with van der Waals surface area (Å²) in [6, 6.07) is 6.39. The highest BCUT2D eigenvalue weighted by Gasteiger charge is 2.29. The number of aromatic amines is 1. The summed E-state index contributed by atoms with van der Waals surface area (Å²) in [5.74, 6) is 1.10. The number of fused-ring (bicyclic) bond motifs is 1. The van der Waals surface area contributed by atoms with E-state index in [4.69, 9.17) is 4.42 Å². The fourth-order valence-corrected chi connectivity index (χ4v) is 5.57. The molecule has 0 amide bonds. The van der Waals surface area contributed by atoms with Crippen LogP contribution < -0.4 is 15.6 Å². The summed E-state index contributed by atoms with van der Waals surface area (Å²) in [4.78, 5) is 29.5. The molecule has 170 valence electrons. The number of likely N-dealkylation sites (N-methyl/N-ethyl adjacent to an activating group) is 1. The number of sulfonamides is 1. The minimum Gasteiger partial charge on any atom is -0.408 e. The molecule has 2 saturated heterocycles. The third-order valence-electron chi connectivity index (χ3n) is 6.06. The van der Waals surface area contributed by atoms with Gasteiger partial charge < -0.3 is 19.1 Å². The summed E-state index contributed by atoms with van der Waals surface area (Å²) in [6.45, 7) is 5.58. The number of nitrogens with zero attached hydrogens (tertiary/aromatic N) is 6. The lowest BCUT2D eigenvalue weighted by Gasteiger charge is -2.36. The van der Waals surface area contributed by atoms with Gasteiger partial charge in [0.2, 0.25) is 10.0 Å². The zero-order valence-electron chi connectivity index (χ0n) is 17.8. The third-order valence-corrected chi connectivity index (χ3v) is 7.95. The van der Waals surface area contributed by atoms with Gasteiger partial charge in [0.05, 0.1) is 10.4 Å². The highest BCUT2D eigenvalue weighted by atomic mass is 32.2. The van der Waals surface area contributed by atoms with Crippen LogP contribution in [0.25, 0.3) is 11.1 Å². The fourth-order valence-electron chi connectivity index (χ4n) is 4.12. The standard InChI is InChI=1S/C20H25N7O4S/c1-24-4-6-25(7-5-24)18-13-19(22-14-21-18)26-8-10-27(11-9-26)32(29,30)15-2-3-17-16(12-15)23-20(28)31-17/h2-3,12-14H,4-11H2,1H3,(H,23,28). The molecule has 0 bridgehead atoms. The van der Waals surface area contributed by atoms with Crippen molar-refractivity contribution in [2.24, 2.45) is 0 Å². The van der Waals surface area contributed by atoms with Gasteiger partial charge in [-0.3, -0.25) is 4.98 Å². The van der Waals surface area contributed by atoms with Crippen molar-refractivity contribution in [3.8, 4) is 0 Å². The van der Waals surface area contributed by atoms with Crippen LogP contribution in [-0.2, 0) is 10.0 Å². The van der Waals surface area contributed by atoms with Crippen molar-refractivity contribution in [3.05, 3.63) is 41.1 Å². The Morgan fingerprint density at radius 1 is 0.906 bits per heavy atom. The van der Waals surface area contributed by atoms with Crippen LogP contribution in [0, 0.1) is 0 Å². The van der Waals surface area contributed by atoms with Gasteiger partial charge >= 0.3 is 5.76 Å². The van der Waals surface area contributed by atoms with Crippen molar-refractivity contribution in [2.75, 3.05) is 69.2 Å². The zero-order chi connectivity index (χ0) is 22.3. The Morgan fingerprint density at radius 3 is 2.19 bits per heavy atom. The van der Waals surface area contributed by atoms with Crippen molar-refractivity contribution < 1.29 is 12.8 Å². The van der Waals surface area contributed by atoms with E-state index in [9.17, 15) is 13.2 Å². The van der Waals surface area contributed by atoms with E-state index in [0.29, 0.717) is 37.3 Å². The van der Waals surface area contributed by atoms with Gasteiger partial charge in [-0.1, -0.05) is 0 Å². The second-order valence-electron chi connectivity index (χ2n) is 8.09. The molecule has 2 fully saturated rings. The number of nitrogens with one attached hydrogen (secondary N) is 1. The average Bonchev–Trinajstić information content (AvgIpc) is 3.19. The van der Waals surface area contributed by atoms with Crippen LogP contribution in [0.3, 0.4) is 0 Å². The van der Waals surface area contributed by atoms with Crippen LogP contribution in [0.15, 0.2) is 44.7 Å². The van der Waals surface area contributed by atoms with Gasteiger partial charge in [-0.15, -0.1) is 0 Å². The van der Waals surface area contributed by atoms with Crippen molar-refractivity contribution >= 4 is 32.8 Å². The van der Waals surface area contributed by atoms with E-state index < -0.39 is 15.8 Å². The van der Waals surface area contributed by atoms with Crippen LogP contribution in [0.4, 0.5) is 11.6 Å². The van der Waals surface area contributed by atoms with E-state index in [-0.39, 0.29) is 4.90 Å². The van der Waals surface area contributed by atoms with Crippen LogP contribution in [0.5, 0.6) is 0 Å². The van der Waals surface area contributed by atoms with E-state index in [1.54, 1.807) is 6.33 Å². The lowest BCUT2D eigenvalue weighted by atomic mass is 10.3. The molecule has 2 aromatic heterocycles. The van der Waals surface area contributed by atoms with Crippen molar-refractivity contribution in [1.82, 2.24) is 24.2 Å². The minimum absolute atomic E-state index is 0.134. The van der Waals surface area contributed by atoms with Crippen molar-refractivity contribution in [3.63, 3.8) is 0 Å². The molecule has 0 aliphatic carbocycles. The molecular formula is C20H25N7O4S. The minimum atomic E-state index is -3.68. The van der Waals surface area contributed by atoms with Crippen LogP contribution in [0.1, 0.15) is 0 Å². The Hall–Kier alpha value is -2.96. The molecule has 12 heteroatoms. The summed E-state index contributed by atoms with van der Waals surface area (Å²) >= 11 is 0. The lowest BCUT2D eigenvalue weighted by Crippen LogP contribution is -2.49. The molecule has 0 saturated carbocycles. The first-order valence-electron chi connectivity index (χ1n) is 10.5. The fraction of sp³-hybridized carbons (Fsp3) is 0.450. The SMILES string of the molecule is CN1CCN(c2cc(N3CCN(S(=O)(=O)c4ccc5oc(=O)[nH]c5c4)CC3)ncn2)CC1. The Morgan fingerprint density at radius 2 is 1.53 bits per heavy atom. The zero-order valence-corrected chi connectivity index (χ0v) is 18.6. The summed E-state index contributed by atoms with van der Waals surface area (Å²) in [5.41, 5.74) is 0.700. The van der Waals surface area contributed by atoms with Crippen LogP contribution >= 0.6 is 0 Å². The Bertz CT molecular complexity index is 1270. The first-order chi connectivity index (χ1) is 15.4. The maximum absolute atomic E-state index is 13.1. The average molecular weight is 460 g/mol. The molecule has 3 aromatic rings. The highest BCUT2D eigenvalue weighted by Crippen LogP contribution is 2.24. The number of hydrogen-bond donors (Lipinski definition) is 1. The van der Waals surface area contributed by atoms with Gasteiger partial charge in [-0.25, -0.2) is 23.2 Å². The topological polar surface area (TPSA) is 119 Å². The number of hydrogen-bond acceptors (Lipinski definition) is 9. The Balaban J connectivity index is 1.28. The molecule has 5 rings (SSSR count). The van der Waals surface area contributed by atoms with E-state index in [1.807, 2.05) is 6.07 Å². The van der Waals surface area contributed by atoms with E-state index in [0.717, 1.165) is 37.8 Å². The largest absolute Gasteiger partial charge is 0.417 e. The maximum Gasteiger partial charge on any atom is 0.417 e. The van der Waals surface area contributed by atoms with Crippen molar-refractivity contribution in [1.29, 1.82) is 0 Å². The number of anilines is 2. The van der Waals surface area contributed by atoms with E-state index in [2.05, 4.69) is 36.7 Å². The summed E-state index contributed by atoms with van der Waals surface area (Å²) < 4.78 is 32.7. The first-order valence-corrected chi connectivity index (χ1v) is 12.0. The molecule has 2 aliphatic rings. The second-order valence-corrected chi connectivity index (χ2v) is 10.0. The quantitative estimate of drug-likeness (QED) is 0.582. The van der Waals surface area contributed by atoms with Crippen LogP contribution in [0.2, 0.25) is 0 Å². The molecule has 32 heavy (non-hydrogen) atoms. The second kappa shape index (κ2) is 8.19. The number of aromatic nitrogens is 3. The molecule has 2 aliphatic heterocycles. The monoisotopic (exact) mass is 459 g/mol. The van der Waals surface area contributed by atoms with Crippen molar-refractivity contribution in [2.45, 2.75) is 4.90 Å². The molecule has 0 spiro atoms. The Labute approximate surface area is 185 Å². The van der Waals surface area contributed by atoms with Gasteiger partial charge in [0.1, 0.15) is 18.0 Å². The number of oxazole rings is 1. The smallest absolute Gasteiger partial charge is 0.408 e. The number of piperazine rings is 2. The predicted octanol–water partition coefficient (Wildman–Crippen LogP) is 0.174. The molecule has 1 aromatic carbocycles. The normalized spacial score (nSPS) is 19.0. The number of benzene rings is 1. The summed E-state index contributed by atoms with van der Waals surface area (Å²) in [6.07, 6.45) is 1.58. The van der Waals surface area contributed by atoms with Gasteiger partial charge in [-0.05, 0) is 25.2 Å². The molecule has 1 N–H and O–H groups in total. The maximum atomic E-state index is 13.1. The molecule has 11 nitrogen and oxygen atoms in total. The number of H-pyrrole nitrogens is 1. The lowest BCUT2D eigenvalue weighted by molar-refractivity contribution is 0.312. The predicted molar refractivity (Wildman–Crippen MR) is 120 cm³/mol. The van der Waals surface area contributed by atoms with Gasteiger partial charge in [-0.2, -0.15) is 4.31 Å². The molecule has 0 radical (unpaired) electrons. The molecular weight excluding hydrogens is 434 g/mol. The third kappa shape index (κ3) is 3.96. The molecule has 0 unspecified atom stereocenters. The Kier molecular flexibility index (Phi) is 5.35. The summed E-state index contributed by atoms with van der Waals surface area (Å²) in [5, 5.41) is 0. The molecule has 4 heterocycles. The summed E-state index contributed by atoms with van der Waals surface area (Å²) in [7, 11) is -1.57. The molecule has 0 atom stereocenters. The highest BCUT2D eigenvalue weighted by molar-refractivity contribution is 7.89. The number of rotatable bonds is 4. The van der Waals surface area contributed by atoms with Gasteiger partial charge in [0, 0.05) is 58.4 Å². The van der Waals surface area contributed by atoms with E-state index in [1.165, 1.54) is 22.5 Å². The first kappa shape index (κ1) is 20.9. The van der Waals surface area contributed by atoms with Crippen LogP contribution in [-0.4, -0.2) is 92.0 Å². The van der Waals surface area contributed by atoms with Gasteiger partial charge in [0.25, 0.3) is 0 Å². The van der Waals surface area contributed by atoms with Gasteiger partial charge in [0.15, 0.2) is 5.58 Å².